The van der Waals surface area contributed by atoms with Crippen LogP contribution in [0.4, 0.5) is 0 Å². The van der Waals surface area contributed by atoms with Crippen LogP contribution in [0.3, 0.4) is 0 Å². The minimum Gasteiger partial charge on any atom is -0.391 e. The molecule has 0 aromatic carbocycles. The van der Waals surface area contributed by atoms with Gasteiger partial charge in [0.15, 0.2) is 5.78 Å². The van der Waals surface area contributed by atoms with Gasteiger partial charge in [0.05, 0.1) is 12.1 Å². The number of aliphatic hydroxyl groups excluding tert-OH is 1. The Balaban J connectivity index is 2.31. The molecule has 0 amide bonds. The number of allylic oxidation sites excluding steroid dienone is 1. The summed E-state index contributed by atoms with van der Waals surface area (Å²) in [6, 6.07) is 0.471. The lowest BCUT2D eigenvalue weighted by Gasteiger charge is -2.43. The van der Waals surface area contributed by atoms with Gasteiger partial charge in [0.1, 0.15) is 0 Å². The van der Waals surface area contributed by atoms with E-state index >= 15 is 0 Å². The van der Waals surface area contributed by atoms with E-state index in [-0.39, 0.29) is 17.2 Å². The van der Waals surface area contributed by atoms with Gasteiger partial charge in [-0.3, -0.25) is 9.69 Å². The lowest BCUT2D eigenvalue weighted by molar-refractivity contribution is -0.119. The monoisotopic (exact) mass is 265 g/mol. The highest BCUT2D eigenvalue weighted by Gasteiger charge is 2.41. The van der Waals surface area contributed by atoms with Crippen molar-refractivity contribution in [2.75, 3.05) is 6.54 Å². The average molecular weight is 265 g/mol. The van der Waals surface area contributed by atoms with Crippen LogP contribution in [-0.4, -0.2) is 40.5 Å². The molecule has 0 saturated carbocycles. The van der Waals surface area contributed by atoms with Crippen LogP contribution in [0.1, 0.15) is 53.4 Å². The third-order valence-corrected chi connectivity index (χ3v) is 4.84. The van der Waals surface area contributed by atoms with Gasteiger partial charge in [0.25, 0.3) is 0 Å². The summed E-state index contributed by atoms with van der Waals surface area (Å²) in [5, 5.41) is 10.7. The zero-order chi connectivity index (χ0) is 14.2. The zero-order valence-corrected chi connectivity index (χ0v) is 12.6. The molecule has 2 aliphatic rings. The molecule has 0 aromatic rings. The Morgan fingerprint density at radius 3 is 2.68 bits per heavy atom. The molecule has 1 heterocycles. The van der Waals surface area contributed by atoms with E-state index in [1.807, 2.05) is 26.8 Å². The smallest absolute Gasteiger partial charge is 0.158 e. The number of carbonyl (C=O) groups is 1. The molecule has 19 heavy (non-hydrogen) atoms. The van der Waals surface area contributed by atoms with Crippen molar-refractivity contribution in [1.29, 1.82) is 0 Å². The Hall–Kier alpha value is -0.670. The molecule has 3 nitrogen and oxygen atoms in total. The number of carbonyl (C=O) groups excluding carboxylic acids is 1. The molecule has 108 valence electrons. The summed E-state index contributed by atoms with van der Waals surface area (Å²) in [6.45, 7) is 9.15. The van der Waals surface area contributed by atoms with E-state index in [0.29, 0.717) is 12.5 Å². The zero-order valence-electron chi connectivity index (χ0n) is 12.6. The fourth-order valence-corrected chi connectivity index (χ4v) is 3.40. The number of likely N-dealkylation sites (tertiary alicyclic amines) is 1. The fraction of sp³-hybridized carbons (Fsp3) is 0.812. The summed E-state index contributed by atoms with van der Waals surface area (Å²) >= 11 is 0. The lowest BCUT2D eigenvalue weighted by atomic mass is 9.79. The number of hydrogen-bond donors (Lipinski definition) is 1. The van der Waals surface area contributed by atoms with Gasteiger partial charge in [-0.05, 0) is 44.2 Å². The van der Waals surface area contributed by atoms with Crippen molar-refractivity contribution in [2.24, 2.45) is 5.41 Å². The first-order valence-electron chi connectivity index (χ1n) is 7.48. The Kier molecular flexibility index (Phi) is 4.17. The van der Waals surface area contributed by atoms with Gasteiger partial charge in [-0.25, -0.2) is 0 Å². The lowest BCUT2D eigenvalue weighted by Crippen LogP contribution is -2.53. The number of piperidine rings is 1. The number of rotatable bonds is 1. The first-order valence-corrected chi connectivity index (χ1v) is 7.48. The fourth-order valence-electron chi connectivity index (χ4n) is 3.40. The summed E-state index contributed by atoms with van der Waals surface area (Å²) in [5.74, 6) is 0.177. The van der Waals surface area contributed by atoms with Crippen molar-refractivity contribution >= 4 is 5.78 Å². The molecule has 1 saturated heterocycles. The van der Waals surface area contributed by atoms with E-state index in [0.717, 1.165) is 12.1 Å². The summed E-state index contributed by atoms with van der Waals surface area (Å²) in [4.78, 5) is 14.5. The van der Waals surface area contributed by atoms with Gasteiger partial charge in [0, 0.05) is 12.5 Å². The molecule has 3 heteroatoms. The van der Waals surface area contributed by atoms with E-state index in [1.54, 1.807) is 0 Å². The Bertz CT molecular complexity index is 386. The van der Waals surface area contributed by atoms with Crippen LogP contribution in [0.2, 0.25) is 0 Å². The van der Waals surface area contributed by atoms with Crippen LogP contribution in [-0.2, 0) is 4.79 Å². The summed E-state index contributed by atoms with van der Waals surface area (Å²) in [6.07, 6.45) is 5.61. The number of nitrogens with zero attached hydrogens (tertiary/aromatic N) is 1. The molecular weight excluding hydrogens is 238 g/mol. The highest BCUT2D eigenvalue weighted by atomic mass is 16.3. The van der Waals surface area contributed by atoms with Crippen LogP contribution in [0.25, 0.3) is 0 Å². The maximum absolute atomic E-state index is 12.1. The Morgan fingerprint density at radius 1 is 1.37 bits per heavy atom. The molecular formula is C16H27NO2. The van der Waals surface area contributed by atoms with E-state index in [2.05, 4.69) is 11.8 Å². The second kappa shape index (κ2) is 5.37. The Morgan fingerprint density at radius 2 is 2.05 bits per heavy atom. The van der Waals surface area contributed by atoms with Crippen molar-refractivity contribution in [3.63, 3.8) is 0 Å². The van der Waals surface area contributed by atoms with Gasteiger partial charge in [-0.2, -0.15) is 0 Å². The Labute approximate surface area is 116 Å². The van der Waals surface area contributed by atoms with Gasteiger partial charge < -0.3 is 5.11 Å². The predicted molar refractivity (Wildman–Crippen MR) is 77.0 cm³/mol. The topological polar surface area (TPSA) is 40.5 Å². The maximum Gasteiger partial charge on any atom is 0.158 e. The molecule has 1 fully saturated rings. The van der Waals surface area contributed by atoms with Crippen molar-refractivity contribution < 1.29 is 9.90 Å². The van der Waals surface area contributed by atoms with Gasteiger partial charge in [-0.1, -0.05) is 26.3 Å². The van der Waals surface area contributed by atoms with E-state index in [9.17, 15) is 9.90 Å². The number of hydrogen-bond acceptors (Lipinski definition) is 3. The molecule has 1 aliphatic carbocycles. The van der Waals surface area contributed by atoms with E-state index in [4.69, 9.17) is 0 Å². The first-order chi connectivity index (χ1) is 8.83. The van der Waals surface area contributed by atoms with Crippen LogP contribution < -0.4 is 0 Å². The van der Waals surface area contributed by atoms with Crippen LogP contribution >= 0.6 is 0 Å². The third kappa shape index (κ3) is 2.92. The van der Waals surface area contributed by atoms with Crippen molar-refractivity contribution in [1.82, 2.24) is 4.90 Å². The largest absolute Gasteiger partial charge is 0.391 e. The first kappa shape index (κ1) is 14.7. The standard InChI is InChI=1S/C16H27NO2/c1-11-9-13(17-8-6-5-7-12(17)2)15(19)16(3,4)10-14(11)18/h9,12-13,15,19H,5-8,10H2,1-4H3. The molecule has 1 N–H and O–H groups in total. The number of Topliss-reactive ketones (excluding diaryl/α,β-unsaturated/α-hetero) is 1. The predicted octanol–water partition coefficient (Wildman–Crippen LogP) is 2.54. The number of ketones is 1. The molecule has 0 spiro atoms. The molecule has 3 atom stereocenters. The summed E-state index contributed by atoms with van der Waals surface area (Å²) in [7, 11) is 0. The van der Waals surface area contributed by atoms with Crippen LogP contribution in [0, 0.1) is 5.41 Å². The van der Waals surface area contributed by atoms with Crippen molar-refractivity contribution in [2.45, 2.75) is 71.6 Å². The van der Waals surface area contributed by atoms with Crippen LogP contribution in [0.5, 0.6) is 0 Å². The maximum atomic E-state index is 12.1. The molecule has 2 rings (SSSR count). The second-order valence-electron chi connectivity index (χ2n) is 6.96. The molecule has 1 aliphatic heterocycles. The van der Waals surface area contributed by atoms with Gasteiger partial charge in [-0.15, -0.1) is 0 Å². The molecule has 0 aromatic heterocycles. The van der Waals surface area contributed by atoms with Crippen LogP contribution in [0.15, 0.2) is 11.6 Å². The minimum absolute atomic E-state index is 0.0169. The quantitative estimate of drug-likeness (QED) is 0.792. The normalized spacial score (nSPS) is 36.8. The summed E-state index contributed by atoms with van der Waals surface area (Å²) < 4.78 is 0. The number of aliphatic hydroxyl groups is 1. The molecule has 3 unspecified atom stereocenters. The minimum atomic E-state index is -0.477. The van der Waals surface area contributed by atoms with Gasteiger partial charge in [0.2, 0.25) is 0 Å². The van der Waals surface area contributed by atoms with E-state index in [1.165, 1.54) is 19.3 Å². The van der Waals surface area contributed by atoms with E-state index < -0.39 is 6.10 Å². The molecule has 0 bridgehead atoms. The molecule has 0 radical (unpaired) electrons. The van der Waals surface area contributed by atoms with Crippen molar-refractivity contribution in [3.05, 3.63) is 11.6 Å². The second-order valence-corrected chi connectivity index (χ2v) is 6.96. The average Bonchev–Trinajstić information content (AvgIpc) is 2.41. The highest BCUT2D eigenvalue weighted by Crippen LogP contribution is 2.36. The highest BCUT2D eigenvalue weighted by molar-refractivity contribution is 5.95. The van der Waals surface area contributed by atoms with Crippen molar-refractivity contribution in [3.8, 4) is 0 Å². The SMILES string of the molecule is CC1=CC(N2CCCCC2C)C(O)C(C)(C)CC1=O. The third-order valence-electron chi connectivity index (χ3n) is 4.84. The summed E-state index contributed by atoms with van der Waals surface area (Å²) in [5.41, 5.74) is 0.458. The van der Waals surface area contributed by atoms with Gasteiger partial charge >= 0.3 is 0 Å².